The molecule has 0 radical (unpaired) electrons. The number of H-pyrrole nitrogens is 2. The molecule has 3 aromatic heterocycles. The highest BCUT2D eigenvalue weighted by Gasteiger charge is 2.14. The summed E-state index contributed by atoms with van der Waals surface area (Å²) in [5.74, 6) is -0.234. The van der Waals surface area contributed by atoms with E-state index in [-0.39, 0.29) is 5.91 Å². The molecule has 5 rings (SSSR count). The lowest BCUT2D eigenvalue weighted by molar-refractivity contribution is 0.102. The first-order chi connectivity index (χ1) is 13.2. The topological polar surface area (TPSA) is 99.4 Å². The number of thiazole rings is 1. The van der Waals surface area contributed by atoms with Crippen LogP contribution in [0.25, 0.3) is 33.1 Å². The Kier molecular flexibility index (Phi) is 3.51. The second-order valence-electron chi connectivity index (χ2n) is 6.20. The number of carbonyl (C=O) groups is 1. The van der Waals surface area contributed by atoms with Crippen LogP contribution in [0.1, 0.15) is 15.5 Å². The molecule has 0 saturated heterocycles. The molecule has 0 aliphatic heterocycles. The molecule has 5 aromatic rings. The Morgan fingerprint density at radius 3 is 2.93 bits per heavy atom. The second-order valence-corrected chi connectivity index (χ2v) is 7.26. The number of nitrogens with zero attached hydrogens (tertiary/aromatic N) is 3. The fraction of sp³-hybridized carbons (Fsp3) is 0.0526. The number of imidazole rings is 1. The third-order valence-electron chi connectivity index (χ3n) is 4.41. The van der Waals surface area contributed by atoms with Gasteiger partial charge in [-0.3, -0.25) is 9.89 Å². The zero-order valence-corrected chi connectivity index (χ0v) is 15.1. The SMILES string of the molecule is Cc1nc(C(=O)Nc2cc(-c3ccc4[nH]cnc4c3)cc3[nH]ncc23)cs1. The first-order valence-electron chi connectivity index (χ1n) is 8.31. The molecule has 2 aromatic carbocycles. The van der Waals surface area contributed by atoms with Gasteiger partial charge in [0, 0.05) is 10.8 Å². The molecule has 0 fully saturated rings. The van der Waals surface area contributed by atoms with Crippen LogP contribution < -0.4 is 5.32 Å². The van der Waals surface area contributed by atoms with Crippen LogP contribution in [0.5, 0.6) is 0 Å². The predicted octanol–water partition coefficient (Wildman–Crippen LogP) is 4.12. The smallest absolute Gasteiger partial charge is 0.275 e. The van der Waals surface area contributed by atoms with Gasteiger partial charge in [-0.1, -0.05) is 6.07 Å². The molecule has 0 aliphatic carbocycles. The normalized spacial score (nSPS) is 11.3. The van der Waals surface area contributed by atoms with E-state index in [0.717, 1.165) is 38.1 Å². The van der Waals surface area contributed by atoms with E-state index in [1.807, 2.05) is 37.3 Å². The van der Waals surface area contributed by atoms with E-state index in [0.29, 0.717) is 11.4 Å². The zero-order chi connectivity index (χ0) is 18.4. The predicted molar refractivity (Wildman–Crippen MR) is 106 cm³/mol. The summed E-state index contributed by atoms with van der Waals surface area (Å²) in [5, 5.41) is 13.5. The molecule has 0 aliphatic rings. The molecule has 0 saturated carbocycles. The van der Waals surface area contributed by atoms with Crippen molar-refractivity contribution in [2.24, 2.45) is 0 Å². The minimum Gasteiger partial charge on any atom is -0.345 e. The van der Waals surface area contributed by atoms with Gasteiger partial charge in [0.2, 0.25) is 0 Å². The Morgan fingerprint density at radius 1 is 1.15 bits per heavy atom. The van der Waals surface area contributed by atoms with Gasteiger partial charge in [0.05, 0.1) is 39.8 Å². The summed E-state index contributed by atoms with van der Waals surface area (Å²) in [5.41, 5.74) is 5.79. The average Bonchev–Trinajstić information content (AvgIpc) is 3.40. The molecule has 132 valence electrons. The number of hydrogen-bond acceptors (Lipinski definition) is 5. The van der Waals surface area contributed by atoms with Crippen LogP contribution in [-0.4, -0.2) is 31.1 Å². The van der Waals surface area contributed by atoms with E-state index in [9.17, 15) is 4.79 Å². The van der Waals surface area contributed by atoms with Crippen LogP contribution in [0.2, 0.25) is 0 Å². The Bertz CT molecular complexity index is 1300. The van der Waals surface area contributed by atoms with Gasteiger partial charge in [-0.05, 0) is 42.3 Å². The van der Waals surface area contributed by atoms with Crippen LogP contribution in [0.4, 0.5) is 5.69 Å². The van der Waals surface area contributed by atoms with Crippen molar-refractivity contribution in [3.63, 3.8) is 0 Å². The average molecular weight is 374 g/mol. The van der Waals surface area contributed by atoms with Crippen molar-refractivity contribution in [2.45, 2.75) is 6.92 Å². The maximum Gasteiger partial charge on any atom is 0.275 e. The van der Waals surface area contributed by atoms with Crippen molar-refractivity contribution < 1.29 is 4.79 Å². The zero-order valence-electron chi connectivity index (χ0n) is 14.3. The van der Waals surface area contributed by atoms with Gasteiger partial charge in [0.15, 0.2) is 0 Å². The molecule has 0 unspecified atom stereocenters. The summed E-state index contributed by atoms with van der Waals surface area (Å²) >= 11 is 1.45. The lowest BCUT2D eigenvalue weighted by atomic mass is 10.0. The molecule has 3 N–H and O–H groups in total. The van der Waals surface area contributed by atoms with Gasteiger partial charge >= 0.3 is 0 Å². The largest absolute Gasteiger partial charge is 0.345 e. The molecule has 0 spiro atoms. The van der Waals surface area contributed by atoms with E-state index < -0.39 is 0 Å². The Morgan fingerprint density at radius 2 is 2.07 bits per heavy atom. The number of carbonyl (C=O) groups excluding carboxylic acids is 1. The molecule has 0 atom stereocenters. The van der Waals surface area contributed by atoms with Crippen LogP contribution in [0.15, 0.2) is 48.2 Å². The van der Waals surface area contributed by atoms with Crippen molar-refractivity contribution in [3.8, 4) is 11.1 Å². The molecule has 3 heterocycles. The van der Waals surface area contributed by atoms with E-state index in [1.165, 1.54) is 11.3 Å². The Balaban J connectivity index is 1.59. The summed E-state index contributed by atoms with van der Waals surface area (Å²) in [6.07, 6.45) is 3.38. The number of rotatable bonds is 3. The molecular formula is C19H14N6OS. The first-order valence-corrected chi connectivity index (χ1v) is 9.19. The number of hydrogen-bond donors (Lipinski definition) is 3. The van der Waals surface area contributed by atoms with Crippen LogP contribution in [0, 0.1) is 6.92 Å². The van der Waals surface area contributed by atoms with Crippen molar-refractivity contribution in [2.75, 3.05) is 5.32 Å². The highest BCUT2D eigenvalue weighted by Crippen LogP contribution is 2.31. The number of aromatic nitrogens is 5. The third kappa shape index (κ3) is 2.76. The molecular weight excluding hydrogens is 360 g/mol. The van der Waals surface area contributed by atoms with Gasteiger partial charge in [0.25, 0.3) is 5.91 Å². The van der Waals surface area contributed by atoms with Crippen molar-refractivity contribution in [1.82, 2.24) is 25.1 Å². The number of anilines is 1. The fourth-order valence-electron chi connectivity index (χ4n) is 3.09. The number of benzene rings is 2. The second kappa shape index (κ2) is 6.03. The highest BCUT2D eigenvalue weighted by atomic mass is 32.1. The van der Waals surface area contributed by atoms with Crippen molar-refractivity contribution in [3.05, 3.63) is 58.9 Å². The minimum absolute atomic E-state index is 0.234. The van der Waals surface area contributed by atoms with Gasteiger partial charge in [-0.2, -0.15) is 5.10 Å². The van der Waals surface area contributed by atoms with Gasteiger partial charge in [0.1, 0.15) is 5.69 Å². The van der Waals surface area contributed by atoms with E-state index in [4.69, 9.17) is 0 Å². The van der Waals surface area contributed by atoms with Gasteiger partial charge in [-0.25, -0.2) is 9.97 Å². The molecule has 7 nitrogen and oxygen atoms in total. The van der Waals surface area contributed by atoms with Crippen molar-refractivity contribution >= 4 is 44.9 Å². The van der Waals surface area contributed by atoms with Crippen LogP contribution in [0.3, 0.4) is 0 Å². The summed E-state index contributed by atoms with van der Waals surface area (Å²) in [6.45, 7) is 1.88. The van der Waals surface area contributed by atoms with Crippen molar-refractivity contribution in [1.29, 1.82) is 0 Å². The molecule has 1 amide bonds. The highest BCUT2D eigenvalue weighted by molar-refractivity contribution is 7.09. The fourth-order valence-corrected chi connectivity index (χ4v) is 3.68. The standard InChI is InChI=1S/C19H14N6OS/c1-10-23-18(8-27-10)19(26)24-15-5-12(6-16-13(15)7-22-25-16)11-2-3-14-17(4-11)21-9-20-14/h2-9H,1H3,(H,20,21)(H,22,25)(H,24,26). The summed E-state index contributed by atoms with van der Waals surface area (Å²) < 4.78 is 0. The molecule has 27 heavy (non-hydrogen) atoms. The van der Waals surface area contributed by atoms with Crippen LogP contribution >= 0.6 is 11.3 Å². The Labute approximate surface area is 157 Å². The summed E-state index contributed by atoms with van der Waals surface area (Å²) in [4.78, 5) is 24.2. The number of fused-ring (bicyclic) bond motifs is 2. The Hall–Kier alpha value is -3.52. The van der Waals surface area contributed by atoms with Gasteiger partial charge < -0.3 is 10.3 Å². The number of aromatic amines is 2. The lowest BCUT2D eigenvalue weighted by Gasteiger charge is -2.09. The number of nitrogens with one attached hydrogen (secondary N) is 3. The van der Waals surface area contributed by atoms with Gasteiger partial charge in [-0.15, -0.1) is 11.3 Å². The molecule has 8 heteroatoms. The quantitative estimate of drug-likeness (QED) is 0.442. The monoisotopic (exact) mass is 374 g/mol. The maximum atomic E-state index is 12.6. The van der Waals surface area contributed by atoms with Crippen LogP contribution in [-0.2, 0) is 0 Å². The van der Waals surface area contributed by atoms with E-state index in [2.05, 4.69) is 30.5 Å². The summed E-state index contributed by atoms with van der Waals surface area (Å²) in [7, 11) is 0. The maximum absolute atomic E-state index is 12.6. The third-order valence-corrected chi connectivity index (χ3v) is 5.19. The summed E-state index contributed by atoms with van der Waals surface area (Å²) in [6, 6.07) is 9.99. The number of aryl methyl sites for hydroxylation is 1. The first kappa shape index (κ1) is 15.7. The molecule has 0 bridgehead atoms. The lowest BCUT2D eigenvalue weighted by Crippen LogP contribution is -2.12. The van der Waals surface area contributed by atoms with E-state index in [1.54, 1.807) is 17.9 Å². The minimum atomic E-state index is -0.234. The number of amides is 1. The van der Waals surface area contributed by atoms with E-state index >= 15 is 0 Å².